The summed E-state index contributed by atoms with van der Waals surface area (Å²) < 4.78 is 2.05. The van der Waals surface area contributed by atoms with Gasteiger partial charge in [-0.2, -0.15) is 11.8 Å². The van der Waals surface area contributed by atoms with Crippen LogP contribution in [0.15, 0.2) is 12.4 Å². The van der Waals surface area contributed by atoms with E-state index in [2.05, 4.69) is 14.5 Å². The Morgan fingerprint density at radius 1 is 1.71 bits per heavy atom. The van der Waals surface area contributed by atoms with Crippen molar-refractivity contribution in [2.45, 2.75) is 6.04 Å². The van der Waals surface area contributed by atoms with Crippen molar-refractivity contribution in [3.63, 3.8) is 0 Å². The largest absolute Gasteiger partial charge is 0.336 e. The topological polar surface area (TPSA) is 47.1 Å². The average Bonchev–Trinajstić information content (AvgIpc) is 2.64. The number of hydrogen-bond acceptors (Lipinski definition) is 4. The molecule has 0 radical (unpaired) electrons. The van der Waals surface area contributed by atoms with Crippen LogP contribution >= 0.6 is 11.8 Å². The van der Waals surface area contributed by atoms with Gasteiger partial charge in [-0.25, -0.2) is 4.98 Å². The summed E-state index contributed by atoms with van der Waals surface area (Å²) in [7, 11) is 2.03. The van der Waals surface area contributed by atoms with Crippen LogP contribution in [0.25, 0.3) is 0 Å². The molecule has 5 heteroatoms. The summed E-state index contributed by atoms with van der Waals surface area (Å²) in [6.45, 7) is 1.76. The Labute approximate surface area is 88.5 Å². The van der Waals surface area contributed by atoms with E-state index >= 15 is 0 Å². The first-order valence-corrected chi connectivity index (χ1v) is 6.00. The molecule has 1 aliphatic heterocycles. The second kappa shape index (κ2) is 4.23. The predicted octanol–water partition coefficient (Wildman–Crippen LogP) is 0.301. The van der Waals surface area contributed by atoms with E-state index in [4.69, 9.17) is 5.73 Å². The molecule has 0 bridgehead atoms. The van der Waals surface area contributed by atoms with E-state index in [0.29, 0.717) is 12.6 Å². The van der Waals surface area contributed by atoms with Gasteiger partial charge in [-0.15, -0.1) is 0 Å². The van der Waals surface area contributed by atoms with Crippen LogP contribution < -0.4 is 10.6 Å². The lowest BCUT2D eigenvalue weighted by Gasteiger charge is -2.35. The molecule has 0 aromatic carbocycles. The molecule has 2 rings (SSSR count). The van der Waals surface area contributed by atoms with Gasteiger partial charge >= 0.3 is 0 Å². The zero-order valence-electron chi connectivity index (χ0n) is 8.39. The first-order valence-electron chi connectivity index (χ1n) is 4.84. The molecule has 0 amide bonds. The summed E-state index contributed by atoms with van der Waals surface area (Å²) in [5, 5.41) is 0. The van der Waals surface area contributed by atoms with Crippen molar-refractivity contribution in [3.8, 4) is 0 Å². The van der Waals surface area contributed by atoms with Gasteiger partial charge in [0.2, 0.25) is 5.95 Å². The maximum absolute atomic E-state index is 5.76. The van der Waals surface area contributed by atoms with Crippen molar-refractivity contribution in [1.82, 2.24) is 9.55 Å². The Balaban J connectivity index is 2.19. The molecular formula is C9H16N4S. The summed E-state index contributed by atoms with van der Waals surface area (Å²) in [6, 6.07) is 0.440. The fraction of sp³-hybridized carbons (Fsp3) is 0.667. The normalized spacial score (nSPS) is 22.7. The van der Waals surface area contributed by atoms with Gasteiger partial charge < -0.3 is 15.2 Å². The van der Waals surface area contributed by atoms with Crippen molar-refractivity contribution in [2.75, 3.05) is 29.5 Å². The van der Waals surface area contributed by atoms with Crippen LogP contribution in [0.5, 0.6) is 0 Å². The molecule has 0 aliphatic carbocycles. The molecule has 14 heavy (non-hydrogen) atoms. The summed E-state index contributed by atoms with van der Waals surface area (Å²) in [4.78, 5) is 6.68. The van der Waals surface area contributed by atoms with Crippen LogP contribution in [-0.2, 0) is 7.05 Å². The quantitative estimate of drug-likeness (QED) is 0.766. The second-order valence-electron chi connectivity index (χ2n) is 3.50. The minimum absolute atomic E-state index is 0.440. The number of thioether (sulfide) groups is 1. The van der Waals surface area contributed by atoms with E-state index in [1.54, 1.807) is 0 Å². The van der Waals surface area contributed by atoms with Crippen LogP contribution in [-0.4, -0.2) is 40.2 Å². The van der Waals surface area contributed by atoms with Crippen molar-refractivity contribution in [2.24, 2.45) is 12.8 Å². The van der Waals surface area contributed by atoms with Gasteiger partial charge in [0.05, 0.1) is 6.04 Å². The standard InChI is InChI=1S/C9H16N4S/c1-12-3-2-11-9(12)13-4-5-14-7-8(13)6-10/h2-3,8H,4-7,10H2,1H3. The number of hydrogen-bond donors (Lipinski definition) is 1. The van der Waals surface area contributed by atoms with Gasteiger partial charge in [0.15, 0.2) is 0 Å². The summed E-state index contributed by atoms with van der Waals surface area (Å²) in [5.74, 6) is 3.33. The lowest BCUT2D eigenvalue weighted by Crippen LogP contribution is -2.47. The Kier molecular flexibility index (Phi) is 2.98. The molecule has 1 aliphatic rings. The van der Waals surface area contributed by atoms with Crippen molar-refractivity contribution < 1.29 is 0 Å². The smallest absolute Gasteiger partial charge is 0.205 e. The molecule has 1 unspecified atom stereocenters. The lowest BCUT2D eigenvalue weighted by atomic mass is 10.3. The van der Waals surface area contributed by atoms with Crippen LogP contribution in [0.4, 0.5) is 5.95 Å². The maximum atomic E-state index is 5.76. The zero-order chi connectivity index (χ0) is 9.97. The predicted molar refractivity (Wildman–Crippen MR) is 60.7 cm³/mol. The third-order valence-electron chi connectivity index (χ3n) is 2.55. The second-order valence-corrected chi connectivity index (χ2v) is 4.65. The Bertz CT molecular complexity index is 299. The molecule has 0 spiro atoms. The highest BCUT2D eigenvalue weighted by molar-refractivity contribution is 7.99. The Morgan fingerprint density at radius 2 is 2.57 bits per heavy atom. The van der Waals surface area contributed by atoms with Crippen molar-refractivity contribution in [1.29, 1.82) is 0 Å². The van der Waals surface area contributed by atoms with Gasteiger partial charge in [0, 0.05) is 44.0 Å². The van der Waals surface area contributed by atoms with Crippen LogP contribution in [0.3, 0.4) is 0 Å². The molecule has 1 atom stereocenters. The van der Waals surface area contributed by atoms with Gasteiger partial charge in [-0.1, -0.05) is 0 Å². The lowest BCUT2D eigenvalue weighted by molar-refractivity contribution is 0.626. The number of nitrogens with two attached hydrogens (primary N) is 1. The van der Waals surface area contributed by atoms with E-state index in [1.165, 1.54) is 5.75 Å². The molecule has 1 aromatic heterocycles. The fourth-order valence-electron chi connectivity index (χ4n) is 1.75. The molecule has 1 aromatic rings. The third kappa shape index (κ3) is 1.74. The molecule has 2 heterocycles. The number of rotatable bonds is 2. The number of imidazole rings is 1. The van der Waals surface area contributed by atoms with Gasteiger partial charge in [-0.3, -0.25) is 0 Å². The zero-order valence-corrected chi connectivity index (χ0v) is 9.20. The van der Waals surface area contributed by atoms with Crippen LogP contribution in [0, 0.1) is 0 Å². The monoisotopic (exact) mass is 212 g/mol. The average molecular weight is 212 g/mol. The maximum Gasteiger partial charge on any atom is 0.205 e. The summed E-state index contributed by atoms with van der Waals surface area (Å²) in [5.41, 5.74) is 5.76. The molecule has 1 fully saturated rings. The van der Waals surface area contributed by atoms with E-state index < -0.39 is 0 Å². The first kappa shape index (κ1) is 9.86. The Morgan fingerprint density at radius 3 is 3.21 bits per heavy atom. The minimum atomic E-state index is 0.440. The van der Waals surface area contributed by atoms with Gasteiger partial charge in [0.1, 0.15) is 0 Å². The Hall–Kier alpha value is -0.680. The minimum Gasteiger partial charge on any atom is -0.336 e. The molecule has 78 valence electrons. The van der Waals surface area contributed by atoms with E-state index in [1.807, 2.05) is 31.2 Å². The summed E-state index contributed by atoms with van der Waals surface area (Å²) in [6.07, 6.45) is 3.81. The summed E-state index contributed by atoms with van der Waals surface area (Å²) >= 11 is 1.98. The molecule has 4 nitrogen and oxygen atoms in total. The highest BCUT2D eigenvalue weighted by Gasteiger charge is 2.23. The van der Waals surface area contributed by atoms with E-state index in [-0.39, 0.29) is 0 Å². The molecular weight excluding hydrogens is 196 g/mol. The van der Waals surface area contributed by atoms with Gasteiger partial charge in [-0.05, 0) is 0 Å². The molecule has 0 saturated carbocycles. The van der Waals surface area contributed by atoms with Crippen molar-refractivity contribution in [3.05, 3.63) is 12.4 Å². The fourth-order valence-corrected chi connectivity index (χ4v) is 2.83. The highest BCUT2D eigenvalue weighted by Crippen LogP contribution is 2.21. The number of nitrogens with zero attached hydrogens (tertiary/aromatic N) is 3. The van der Waals surface area contributed by atoms with Crippen LogP contribution in [0.1, 0.15) is 0 Å². The number of anilines is 1. The third-order valence-corrected chi connectivity index (χ3v) is 3.64. The molecule has 2 N–H and O–H groups in total. The number of aromatic nitrogens is 2. The van der Waals surface area contributed by atoms with E-state index in [9.17, 15) is 0 Å². The highest BCUT2D eigenvalue weighted by atomic mass is 32.2. The van der Waals surface area contributed by atoms with Crippen molar-refractivity contribution >= 4 is 17.7 Å². The van der Waals surface area contributed by atoms with Gasteiger partial charge in [0.25, 0.3) is 0 Å². The SMILES string of the molecule is Cn1ccnc1N1CCSCC1CN. The molecule has 1 saturated heterocycles. The van der Waals surface area contributed by atoms with E-state index in [0.717, 1.165) is 18.2 Å². The van der Waals surface area contributed by atoms with Crippen LogP contribution in [0.2, 0.25) is 0 Å². The number of aryl methyl sites for hydroxylation is 1. The first-order chi connectivity index (χ1) is 6.83.